The maximum absolute atomic E-state index is 12.0. The summed E-state index contributed by atoms with van der Waals surface area (Å²) in [6.45, 7) is 3.28. The van der Waals surface area contributed by atoms with Crippen LogP contribution >= 0.6 is 0 Å². The molecular formula is C13H18N4O3. The molecular weight excluding hydrogens is 260 g/mol. The Morgan fingerprint density at radius 1 is 1.50 bits per heavy atom. The molecule has 7 nitrogen and oxygen atoms in total. The lowest BCUT2D eigenvalue weighted by atomic mass is 10.0. The molecule has 1 heterocycles. The van der Waals surface area contributed by atoms with Gasteiger partial charge in [-0.05, 0) is 31.4 Å². The van der Waals surface area contributed by atoms with E-state index in [0.29, 0.717) is 24.7 Å². The van der Waals surface area contributed by atoms with Crippen molar-refractivity contribution in [3.8, 4) is 0 Å². The zero-order valence-corrected chi connectivity index (χ0v) is 11.3. The summed E-state index contributed by atoms with van der Waals surface area (Å²) in [4.78, 5) is 23.8. The molecule has 7 heteroatoms. The van der Waals surface area contributed by atoms with Crippen LogP contribution in [0.4, 0.5) is 16.2 Å². The van der Waals surface area contributed by atoms with E-state index in [4.69, 9.17) is 5.73 Å². The molecule has 1 aliphatic heterocycles. The van der Waals surface area contributed by atoms with Gasteiger partial charge in [-0.15, -0.1) is 0 Å². The number of nitrogens with one attached hydrogen (secondary N) is 1. The van der Waals surface area contributed by atoms with Crippen LogP contribution in [-0.4, -0.2) is 35.0 Å². The van der Waals surface area contributed by atoms with Crippen LogP contribution in [0.2, 0.25) is 0 Å². The Morgan fingerprint density at radius 3 is 2.65 bits per heavy atom. The summed E-state index contributed by atoms with van der Waals surface area (Å²) in [5, 5.41) is 13.3. The molecule has 2 atom stereocenters. The second-order valence-corrected chi connectivity index (χ2v) is 5.09. The van der Waals surface area contributed by atoms with Gasteiger partial charge in [0.15, 0.2) is 0 Å². The molecule has 2 unspecified atom stereocenters. The fourth-order valence-electron chi connectivity index (χ4n) is 2.27. The Kier molecular flexibility index (Phi) is 4.19. The van der Waals surface area contributed by atoms with Crippen LogP contribution in [-0.2, 0) is 0 Å². The standard InChI is InChI=1S/C13H18N4O3/c1-9(14)10-6-7-16(8-10)13(18)15-11-2-4-12(5-3-11)17(19)20/h2-5,9-10H,6-8,14H2,1H3,(H,15,18). The van der Waals surface area contributed by atoms with Gasteiger partial charge in [0.05, 0.1) is 4.92 Å². The number of nitrogens with zero attached hydrogens (tertiary/aromatic N) is 2. The first-order valence-electron chi connectivity index (χ1n) is 6.53. The van der Waals surface area contributed by atoms with Crippen LogP contribution in [0.1, 0.15) is 13.3 Å². The fourth-order valence-corrected chi connectivity index (χ4v) is 2.27. The van der Waals surface area contributed by atoms with Gasteiger partial charge in [0, 0.05) is 37.0 Å². The number of benzene rings is 1. The number of anilines is 1. The van der Waals surface area contributed by atoms with E-state index < -0.39 is 4.92 Å². The minimum absolute atomic E-state index is 0.00110. The van der Waals surface area contributed by atoms with Gasteiger partial charge in [-0.1, -0.05) is 0 Å². The molecule has 2 amide bonds. The normalized spacial score (nSPS) is 19.7. The lowest BCUT2D eigenvalue weighted by Crippen LogP contribution is -2.35. The number of likely N-dealkylation sites (tertiary alicyclic amines) is 1. The second-order valence-electron chi connectivity index (χ2n) is 5.09. The number of amides is 2. The molecule has 0 aliphatic carbocycles. The van der Waals surface area contributed by atoms with Gasteiger partial charge in [-0.2, -0.15) is 0 Å². The highest BCUT2D eigenvalue weighted by Crippen LogP contribution is 2.20. The molecule has 0 saturated carbocycles. The second kappa shape index (κ2) is 5.87. The van der Waals surface area contributed by atoms with Gasteiger partial charge < -0.3 is 16.0 Å². The predicted octanol–water partition coefficient (Wildman–Crippen LogP) is 1.80. The number of nitrogens with two attached hydrogens (primary N) is 1. The van der Waals surface area contributed by atoms with Crippen molar-refractivity contribution in [1.82, 2.24) is 4.90 Å². The number of non-ortho nitro benzene ring substituents is 1. The van der Waals surface area contributed by atoms with E-state index in [0.717, 1.165) is 6.42 Å². The van der Waals surface area contributed by atoms with Gasteiger partial charge in [0.1, 0.15) is 0 Å². The van der Waals surface area contributed by atoms with E-state index in [1.165, 1.54) is 24.3 Å². The van der Waals surface area contributed by atoms with E-state index in [9.17, 15) is 14.9 Å². The number of urea groups is 1. The largest absolute Gasteiger partial charge is 0.328 e. The number of hydrogen-bond donors (Lipinski definition) is 2. The van der Waals surface area contributed by atoms with E-state index in [2.05, 4.69) is 5.32 Å². The Morgan fingerprint density at radius 2 is 2.15 bits per heavy atom. The van der Waals surface area contributed by atoms with Crippen LogP contribution in [0.3, 0.4) is 0 Å². The molecule has 0 radical (unpaired) electrons. The molecule has 108 valence electrons. The monoisotopic (exact) mass is 278 g/mol. The minimum atomic E-state index is -0.473. The van der Waals surface area contributed by atoms with E-state index in [1.807, 2.05) is 6.92 Å². The molecule has 2 rings (SSSR count). The summed E-state index contributed by atoms with van der Waals surface area (Å²) in [5.74, 6) is 0.331. The average molecular weight is 278 g/mol. The summed E-state index contributed by atoms with van der Waals surface area (Å²) >= 11 is 0. The van der Waals surface area contributed by atoms with Crippen molar-refractivity contribution < 1.29 is 9.72 Å². The van der Waals surface area contributed by atoms with Crippen molar-refractivity contribution in [2.24, 2.45) is 11.7 Å². The van der Waals surface area contributed by atoms with Crippen molar-refractivity contribution >= 4 is 17.4 Å². The molecule has 0 spiro atoms. The molecule has 1 aliphatic rings. The van der Waals surface area contributed by atoms with E-state index in [-0.39, 0.29) is 17.8 Å². The summed E-state index contributed by atoms with van der Waals surface area (Å²) in [6.07, 6.45) is 0.908. The number of nitro groups is 1. The molecule has 0 bridgehead atoms. The third-order valence-electron chi connectivity index (χ3n) is 3.58. The van der Waals surface area contributed by atoms with Crippen molar-refractivity contribution in [1.29, 1.82) is 0 Å². The summed E-state index contributed by atoms with van der Waals surface area (Å²) in [6, 6.07) is 5.66. The Hall–Kier alpha value is -2.15. The number of rotatable bonds is 3. The molecule has 3 N–H and O–H groups in total. The smallest absolute Gasteiger partial charge is 0.321 e. The predicted molar refractivity (Wildman–Crippen MR) is 75.4 cm³/mol. The molecule has 1 fully saturated rings. The third-order valence-corrected chi connectivity index (χ3v) is 3.58. The van der Waals surface area contributed by atoms with Crippen molar-refractivity contribution in [3.05, 3.63) is 34.4 Å². The van der Waals surface area contributed by atoms with Gasteiger partial charge >= 0.3 is 6.03 Å². The van der Waals surface area contributed by atoms with E-state index >= 15 is 0 Å². The maximum atomic E-state index is 12.0. The Labute approximate surface area is 116 Å². The number of nitro benzene ring substituents is 1. The summed E-state index contributed by atoms with van der Waals surface area (Å²) in [5.41, 5.74) is 6.38. The van der Waals surface area contributed by atoms with Gasteiger partial charge in [0.2, 0.25) is 0 Å². The number of carbonyl (C=O) groups excluding carboxylic acids is 1. The third kappa shape index (κ3) is 3.24. The highest BCUT2D eigenvalue weighted by molar-refractivity contribution is 5.89. The first kappa shape index (κ1) is 14.3. The van der Waals surface area contributed by atoms with Crippen molar-refractivity contribution in [2.45, 2.75) is 19.4 Å². The summed E-state index contributed by atoms with van der Waals surface area (Å²) in [7, 11) is 0. The lowest BCUT2D eigenvalue weighted by molar-refractivity contribution is -0.384. The Balaban J connectivity index is 1.93. The van der Waals surface area contributed by atoms with Crippen LogP contribution in [0, 0.1) is 16.0 Å². The molecule has 1 aromatic rings. The topological polar surface area (TPSA) is 102 Å². The van der Waals surface area contributed by atoms with Crippen LogP contribution < -0.4 is 11.1 Å². The first-order chi connectivity index (χ1) is 9.47. The molecule has 1 aromatic carbocycles. The molecule has 0 aromatic heterocycles. The minimum Gasteiger partial charge on any atom is -0.328 e. The van der Waals surface area contributed by atoms with Crippen LogP contribution in [0.25, 0.3) is 0 Å². The number of hydrogen-bond acceptors (Lipinski definition) is 4. The first-order valence-corrected chi connectivity index (χ1v) is 6.53. The van der Waals surface area contributed by atoms with Gasteiger partial charge in [-0.25, -0.2) is 4.79 Å². The number of carbonyl (C=O) groups is 1. The quantitative estimate of drug-likeness (QED) is 0.650. The molecule has 1 saturated heterocycles. The zero-order chi connectivity index (χ0) is 14.7. The van der Waals surface area contributed by atoms with Gasteiger partial charge in [-0.3, -0.25) is 10.1 Å². The summed E-state index contributed by atoms with van der Waals surface area (Å²) < 4.78 is 0. The highest BCUT2D eigenvalue weighted by Gasteiger charge is 2.28. The van der Waals surface area contributed by atoms with E-state index in [1.54, 1.807) is 4.90 Å². The molecule has 20 heavy (non-hydrogen) atoms. The Bertz CT molecular complexity index is 501. The van der Waals surface area contributed by atoms with Gasteiger partial charge in [0.25, 0.3) is 5.69 Å². The van der Waals surface area contributed by atoms with Crippen LogP contribution in [0.5, 0.6) is 0 Å². The zero-order valence-electron chi connectivity index (χ0n) is 11.3. The fraction of sp³-hybridized carbons (Fsp3) is 0.462. The average Bonchev–Trinajstić information content (AvgIpc) is 2.89. The SMILES string of the molecule is CC(N)C1CCN(C(=O)Nc2ccc([N+](=O)[O-])cc2)C1. The van der Waals surface area contributed by atoms with Crippen LogP contribution in [0.15, 0.2) is 24.3 Å². The van der Waals surface area contributed by atoms with Crippen molar-refractivity contribution in [3.63, 3.8) is 0 Å². The lowest BCUT2D eigenvalue weighted by Gasteiger charge is -2.18. The maximum Gasteiger partial charge on any atom is 0.321 e. The van der Waals surface area contributed by atoms with Crippen molar-refractivity contribution in [2.75, 3.05) is 18.4 Å². The highest BCUT2D eigenvalue weighted by atomic mass is 16.6.